The van der Waals surface area contributed by atoms with Crippen LogP contribution in [0.3, 0.4) is 0 Å². The van der Waals surface area contributed by atoms with E-state index < -0.39 is 12.1 Å². The van der Waals surface area contributed by atoms with Crippen LogP contribution in [0.15, 0.2) is 77.7 Å². The first-order chi connectivity index (χ1) is 14.0. The first kappa shape index (κ1) is 21.4. The molecule has 3 rings (SSSR count). The lowest BCUT2D eigenvalue weighted by Crippen LogP contribution is -2.21. The number of hydrogen-bond acceptors (Lipinski definition) is 3. The van der Waals surface area contributed by atoms with Crippen LogP contribution in [-0.2, 0) is 4.79 Å². The molecule has 0 spiro atoms. The van der Waals surface area contributed by atoms with Crippen molar-refractivity contribution in [2.45, 2.75) is 35.5 Å². The summed E-state index contributed by atoms with van der Waals surface area (Å²) in [7, 11) is 0. The Labute approximate surface area is 180 Å². The summed E-state index contributed by atoms with van der Waals surface area (Å²) < 4.78 is 0. The number of halogens is 1. The van der Waals surface area contributed by atoms with Gasteiger partial charge in [-0.15, -0.1) is 11.8 Å². The molecule has 0 aliphatic heterocycles. The van der Waals surface area contributed by atoms with E-state index in [4.69, 9.17) is 16.7 Å². The lowest BCUT2D eigenvalue weighted by Gasteiger charge is -2.19. The Morgan fingerprint density at radius 1 is 1.03 bits per heavy atom. The molecule has 0 fully saturated rings. The maximum Gasteiger partial charge on any atom is 0.303 e. The van der Waals surface area contributed by atoms with E-state index in [9.17, 15) is 9.90 Å². The zero-order valence-electron chi connectivity index (χ0n) is 15.9. The van der Waals surface area contributed by atoms with Crippen molar-refractivity contribution in [1.29, 1.82) is 0 Å². The Morgan fingerprint density at radius 3 is 2.48 bits per heavy atom. The third-order valence-electron chi connectivity index (χ3n) is 4.61. The Morgan fingerprint density at radius 2 is 1.76 bits per heavy atom. The lowest BCUT2D eigenvalue weighted by molar-refractivity contribution is -0.137. The summed E-state index contributed by atoms with van der Waals surface area (Å²) in [5.41, 5.74) is 1.06. The average Bonchev–Trinajstić information content (AvgIpc) is 2.72. The molecule has 0 heterocycles. The number of aliphatic carboxylic acids is 1. The summed E-state index contributed by atoms with van der Waals surface area (Å²) in [4.78, 5) is 11.8. The molecule has 5 heteroatoms. The molecule has 0 aromatic heterocycles. The fourth-order valence-corrected chi connectivity index (χ4v) is 4.24. The Hall–Kier alpha value is -2.27. The van der Waals surface area contributed by atoms with Crippen molar-refractivity contribution in [1.82, 2.24) is 0 Å². The van der Waals surface area contributed by atoms with Crippen molar-refractivity contribution in [3.63, 3.8) is 0 Å². The molecule has 0 aliphatic rings. The SMILES string of the molecule is O=C(O)CCCC(O)C(/C=C\c1ccc2ccccc2c1)Sc1ccc(Cl)cc1. The Balaban J connectivity index is 1.77. The van der Waals surface area contributed by atoms with Gasteiger partial charge in [0.2, 0.25) is 0 Å². The highest BCUT2D eigenvalue weighted by atomic mass is 35.5. The van der Waals surface area contributed by atoms with Crippen molar-refractivity contribution in [3.05, 3.63) is 83.4 Å². The van der Waals surface area contributed by atoms with Crippen LogP contribution < -0.4 is 0 Å². The standard InChI is InChI=1S/C24H23ClO3S/c25-20-11-13-21(14-12-20)29-23(22(26)6-3-7-24(27)28)15-9-17-8-10-18-4-1-2-5-19(18)16-17/h1-2,4-5,8-16,22-23,26H,3,6-7H2,(H,27,28)/b15-9-. The molecule has 0 radical (unpaired) electrons. The topological polar surface area (TPSA) is 57.5 Å². The van der Waals surface area contributed by atoms with Crippen LogP contribution in [-0.4, -0.2) is 27.5 Å². The number of carboxylic acid groups (broad SMARTS) is 1. The van der Waals surface area contributed by atoms with Crippen LogP contribution in [0.25, 0.3) is 16.8 Å². The quantitative estimate of drug-likeness (QED) is 0.395. The van der Waals surface area contributed by atoms with Crippen molar-refractivity contribution >= 4 is 46.2 Å². The predicted molar refractivity (Wildman–Crippen MR) is 122 cm³/mol. The fraction of sp³-hybridized carbons (Fsp3) is 0.208. The summed E-state index contributed by atoms with van der Waals surface area (Å²) >= 11 is 7.51. The Bertz CT molecular complexity index is 985. The van der Waals surface area contributed by atoms with Gasteiger partial charge in [0.1, 0.15) is 0 Å². The van der Waals surface area contributed by atoms with Crippen molar-refractivity contribution in [3.8, 4) is 0 Å². The molecule has 0 amide bonds. The average molecular weight is 427 g/mol. The molecule has 0 saturated heterocycles. The van der Waals surface area contributed by atoms with Crippen LogP contribution in [0.5, 0.6) is 0 Å². The molecule has 150 valence electrons. The van der Waals surface area contributed by atoms with Crippen LogP contribution in [0.2, 0.25) is 5.02 Å². The molecule has 3 nitrogen and oxygen atoms in total. The second kappa shape index (κ2) is 10.5. The number of benzene rings is 3. The maximum atomic E-state index is 10.8. The molecular formula is C24H23ClO3S. The zero-order chi connectivity index (χ0) is 20.6. The van der Waals surface area contributed by atoms with Crippen molar-refractivity contribution < 1.29 is 15.0 Å². The number of aliphatic hydroxyl groups excluding tert-OH is 1. The molecule has 0 aliphatic carbocycles. The van der Waals surface area contributed by atoms with Gasteiger partial charge in [-0.25, -0.2) is 0 Å². The van der Waals surface area contributed by atoms with Crippen LogP contribution >= 0.6 is 23.4 Å². The molecule has 2 atom stereocenters. The van der Waals surface area contributed by atoms with E-state index >= 15 is 0 Å². The van der Waals surface area contributed by atoms with Crippen molar-refractivity contribution in [2.24, 2.45) is 0 Å². The van der Waals surface area contributed by atoms with E-state index in [2.05, 4.69) is 30.3 Å². The molecule has 3 aromatic rings. The molecule has 3 aromatic carbocycles. The minimum atomic E-state index is -0.842. The minimum absolute atomic E-state index is 0.0593. The van der Waals surface area contributed by atoms with E-state index in [1.54, 1.807) is 11.8 Å². The van der Waals surface area contributed by atoms with E-state index in [0.29, 0.717) is 17.9 Å². The van der Waals surface area contributed by atoms with Crippen LogP contribution in [0.4, 0.5) is 0 Å². The molecular weight excluding hydrogens is 404 g/mol. The van der Waals surface area contributed by atoms with E-state index in [-0.39, 0.29) is 11.7 Å². The second-order valence-corrected chi connectivity index (χ2v) is 8.54. The molecule has 2 unspecified atom stereocenters. The lowest BCUT2D eigenvalue weighted by atomic mass is 10.0. The normalized spacial score (nSPS) is 13.6. The van der Waals surface area contributed by atoms with Gasteiger partial charge in [-0.2, -0.15) is 0 Å². The van der Waals surface area contributed by atoms with Gasteiger partial charge in [0.15, 0.2) is 0 Å². The first-order valence-electron chi connectivity index (χ1n) is 9.50. The monoisotopic (exact) mass is 426 g/mol. The van der Waals surface area contributed by atoms with Gasteiger partial charge in [0.05, 0.1) is 11.4 Å². The van der Waals surface area contributed by atoms with Gasteiger partial charge >= 0.3 is 5.97 Å². The summed E-state index contributed by atoms with van der Waals surface area (Å²) in [5.74, 6) is -0.842. The van der Waals surface area contributed by atoms with Crippen LogP contribution in [0.1, 0.15) is 24.8 Å². The number of rotatable bonds is 9. The number of aliphatic hydroxyl groups is 1. The maximum absolute atomic E-state index is 10.8. The van der Waals surface area contributed by atoms with Crippen LogP contribution in [0, 0.1) is 0 Å². The van der Waals surface area contributed by atoms with Gasteiger partial charge in [-0.05, 0) is 59.5 Å². The number of carbonyl (C=O) groups is 1. The zero-order valence-corrected chi connectivity index (χ0v) is 17.4. The summed E-state index contributed by atoms with van der Waals surface area (Å²) in [6, 6.07) is 21.9. The molecule has 29 heavy (non-hydrogen) atoms. The van der Waals surface area contributed by atoms with Gasteiger partial charge in [0, 0.05) is 16.3 Å². The summed E-state index contributed by atoms with van der Waals surface area (Å²) in [5, 5.41) is 22.4. The van der Waals surface area contributed by atoms with Gasteiger partial charge in [0.25, 0.3) is 0 Å². The minimum Gasteiger partial charge on any atom is -0.481 e. The highest BCUT2D eigenvalue weighted by Gasteiger charge is 2.18. The van der Waals surface area contributed by atoms with Gasteiger partial charge < -0.3 is 10.2 Å². The highest BCUT2D eigenvalue weighted by Crippen LogP contribution is 2.30. The third-order valence-corrected chi connectivity index (χ3v) is 6.15. The number of carboxylic acids is 1. The predicted octanol–water partition coefficient (Wildman–Crippen LogP) is 6.28. The molecule has 0 saturated carbocycles. The first-order valence-corrected chi connectivity index (χ1v) is 10.8. The number of hydrogen-bond donors (Lipinski definition) is 2. The van der Waals surface area contributed by atoms with Crippen molar-refractivity contribution in [2.75, 3.05) is 0 Å². The van der Waals surface area contributed by atoms with Gasteiger partial charge in [-0.1, -0.05) is 60.2 Å². The second-order valence-electron chi connectivity index (χ2n) is 6.86. The number of thioether (sulfide) groups is 1. The summed E-state index contributed by atoms with van der Waals surface area (Å²) in [6.45, 7) is 0. The molecule has 2 N–H and O–H groups in total. The Kier molecular flexibility index (Phi) is 7.76. The van der Waals surface area contributed by atoms with E-state index in [1.165, 1.54) is 10.8 Å². The number of fused-ring (bicyclic) bond motifs is 1. The summed E-state index contributed by atoms with van der Waals surface area (Å²) in [6.07, 6.45) is 4.29. The van der Waals surface area contributed by atoms with E-state index in [1.807, 2.05) is 48.6 Å². The van der Waals surface area contributed by atoms with E-state index in [0.717, 1.165) is 10.5 Å². The largest absolute Gasteiger partial charge is 0.481 e. The molecule has 0 bridgehead atoms. The smallest absolute Gasteiger partial charge is 0.303 e. The fourth-order valence-electron chi connectivity index (χ4n) is 3.06. The third kappa shape index (κ3) is 6.64. The highest BCUT2D eigenvalue weighted by molar-refractivity contribution is 8.00. The van der Waals surface area contributed by atoms with Gasteiger partial charge in [-0.3, -0.25) is 4.79 Å².